The number of hydrogen-bond acceptors (Lipinski definition) is 3. The highest BCUT2D eigenvalue weighted by atomic mass is 16.4. The summed E-state index contributed by atoms with van der Waals surface area (Å²) < 4.78 is 5.22. The van der Waals surface area contributed by atoms with E-state index in [1.165, 1.54) is 6.07 Å². The maximum Gasteiger partial charge on any atom is 0.371 e. The number of furan rings is 1. The van der Waals surface area contributed by atoms with Gasteiger partial charge in [0.15, 0.2) is 5.76 Å². The van der Waals surface area contributed by atoms with E-state index in [9.17, 15) is 4.79 Å². The van der Waals surface area contributed by atoms with Crippen molar-refractivity contribution in [2.24, 2.45) is 0 Å². The van der Waals surface area contributed by atoms with Gasteiger partial charge in [-0.15, -0.1) is 0 Å². The summed E-state index contributed by atoms with van der Waals surface area (Å²) in [5.74, 6) is -0.708. The fourth-order valence-electron chi connectivity index (χ4n) is 1.79. The monoisotopic (exact) mass is 239 g/mol. The predicted molar refractivity (Wildman–Crippen MR) is 66.4 cm³/mol. The van der Waals surface area contributed by atoms with Crippen LogP contribution in [-0.4, -0.2) is 16.1 Å². The zero-order chi connectivity index (χ0) is 12.5. The Morgan fingerprint density at radius 2 is 1.89 bits per heavy atom. The summed E-state index contributed by atoms with van der Waals surface area (Å²) in [5, 5.41) is 9.84. The van der Waals surface area contributed by atoms with Gasteiger partial charge in [0.2, 0.25) is 5.76 Å². The van der Waals surface area contributed by atoms with Crippen molar-refractivity contribution in [3.05, 3.63) is 54.3 Å². The summed E-state index contributed by atoms with van der Waals surface area (Å²) in [5.41, 5.74) is 1.48. The summed E-state index contributed by atoms with van der Waals surface area (Å²) in [6, 6.07) is 14.5. The second kappa shape index (κ2) is 4.00. The highest BCUT2D eigenvalue weighted by Crippen LogP contribution is 2.23. The first kappa shape index (κ1) is 10.5. The first-order chi connectivity index (χ1) is 8.74. The van der Waals surface area contributed by atoms with Gasteiger partial charge in [-0.1, -0.05) is 24.3 Å². The van der Waals surface area contributed by atoms with E-state index >= 15 is 0 Å². The molecule has 0 saturated carbocycles. The van der Waals surface area contributed by atoms with Gasteiger partial charge in [-0.2, -0.15) is 0 Å². The van der Waals surface area contributed by atoms with Crippen LogP contribution in [0.1, 0.15) is 10.6 Å². The molecule has 0 radical (unpaired) electrons. The number of fused-ring (bicyclic) bond motifs is 1. The lowest BCUT2D eigenvalue weighted by Crippen LogP contribution is -1.91. The molecule has 0 atom stereocenters. The van der Waals surface area contributed by atoms with Gasteiger partial charge in [0.1, 0.15) is 5.69 Å². The lowest BCUT2D eigenvalue weighted by Gasteiger charge is -1.99. The third-order valence-electron chi connectivity index (χ3n) is 2.67. The fourth-order valence-corrected chi connectivity index (χ4v) is 1.79. The third-order valence-corrected chi connectivity index (χ3v) is 2.67. The highest BCUT2D eigenvalue weighted by molar-refractivity contribution is 5.85. The number of hydrogen-bond donors (Lipinski definition) is 1. The molecule has 0 aliphatic heterocycles. The molecule has 4 heteroatoms. The van der Waals surface area contributed by atoms with Gasteiger partial charge in [-0.05, 0) is 24.3 Å². The van der Waals surface area contributed by atoms with Crippen LogP contribution >= 0.6 is 0 Å². The number of carbonyl (C=O) groups is 1. The molecule has 3 aromatic rings. The Hall–Kier alpha value is -2.62. The number of pyridine rings is 1. The van der Waals surface area contributed by atoms with Crippen molar-refractivity contribution in [2.75, 3.05) is 0 Å². The molecule has 0 spiro atoms. The molecule has 3 rings (SSSR count). The maximum atomic E-state index is 10.7. The summed E-state index contributed by atoms with van der Waals surface area (Å²) in [6.45, 7) is 0. The summed E-state index contributed by atoms with van der Waals surface area (Å²) in [6.07, 6.45) is 0. The van der Waals surface area contributed by atoms with Crippen LogP contribution < -0.4 is 0 Å². The minimum Gasteiger partial charge on any atom is -0.475 e. The van der Waals surface area contributed by atoms with Gasteiger partial charge in [-0.25, -0.2) is 9.78 Å². The molecule has 1 aromatic carbocycles. The summed E-state index contributed by atoms with van der Waals surface area (Å²) in [4.78, 5) is 15.2. The van der Waals surface area contributed by atoms with E-state index in [0.29, 0.717) is 11.5 Å². The summed E-state index contributed by atoms with van der Waals surface area (Å²) in [7, 11) is 0. The molecule has 0 fully saturated rings. The lowest BCUT2D eigenvalue weighted by molar-refractivity contribution is 0.0663. The fraction of sp³-hybridized carbons (Fsp3) is 0. The number of rotatable bonds is 2. The Kier molecular flexibility index (Phi) is 2.34. The van der Waals surface area contributed by atoms with Crippen molar-refractivity contribution >= 4 is 16.9 Å². The van der Waals surface area contributed by atoms with Crippen LogP contribution in [0.5, 0.6) is 0 Å². The molecule has 0 saturated heterocycles. The van der Waals surface area contributed by atoms with Crippen LogP contribution in [0.25, 0.3) is 22.4 Å². The first-order valence-corrected chi connectivity index (χ1v) is 5.43. The Morgan fingerprint density at radius 1 is 1.06 bits per heavy atom. The van der Waals surface area contributed by atoms with Crippen molar-refractivity contribution in [1.82, 2.24) is 4.98 Å². The van der Waals surface area contributed by atoms with E-state index in [0.717, 1.165) is 10.9 Å². The number of aromatic carboxylic acids is 1. The Bertz CT molecular complexity index is 730. The SMILES string of the molecule is O=C(O)c1ccc(-c2ccc3ccccc3n2)o1. The van der Waals surface area contributed by atoms with Crippen molar-refractivity contribution in [3.63, 3.8) is 0 Å². The van der Waals surface area contributed by atoms with E-state index in [1.54, 1.807) is 6.07 Å². The second-order valence-electron chi connectivity index (χ2n) is 3.86. The normalized spacial score (nSPS) is 10.7. The van der Waals surface area contributed by atoms with Crippen molar-refractivity contribution < 1.29 is 14.3 Å². The van der Waals surface area contributed by atoms with Crippen molar-refractivity contribution in [2.45, 2.75) is 0 Å². The van der Waals surface area contributed by atoms with Crippen LogP contribution in [0, 0.1) is 0 Å². The molecule has 2 aromatic heterocycles. The van der Waals surface area contributed by atoms with Crippen LogP contribution in [-0.2, 0) is 0 Å². The predicted octanol–water partition coefficient (Wildman–Crippen LogP) is 3.19. The number of carboxylic acids is 1. The number of nitrogens with zero attached hydrogens (tertiary/aromatic N) is 1. The van der Waals surface area contributed by atoms with E-state index in [4.69, 9.17) is 9.52 Å². The standard InChI is InChI=1S/C14H9NO3/c16-14(17)13-8-7-12(18-13)11-6-5-9-3-1-2-4-10(9)15-11/h1-8H,(H,16,17). The van der Waals surface area contributed by atoms with Crippen LogP contribution in [0.2, 0.25) is 0 Å². The van der Waals surface area contributed by atoms with Crippen LogP contribution in [0.4, 0.5) is 0 Å². The molecule has 0 bridgehead atoms. The van der Waals surface area contributed by atoms with Gasteiger partial charge in [0.05, 0.1) is 5.52 Å². The molecular formula is C14H9NO3. The molecular weight excluding hydrogens is 230 g/mol. The largest absolute Gasteiger partial charge is 0.475 e. The number of carboxylic acid groups (broad SMARTS) is 1. The Morgan fingerprint density at radius 3 is 2.67 bits per heavy atom. The second-order valence-corrected chi connectivity index (χ2v) is 3.86. The van der Waals surface area contributed by atoms with Gasteiger partial charge >= 0.3 is 5.97 Å². The average Bonchev–Trinajstić information content (AvgIpc) is 2.88. The molecule has 18 heavy (non-hydrogen) atoms. The smallest absolute Gasteiger partial charge is 0.371 e. The Balaban J connectivity index is 2.10. The Labute approximate surface area is 103 Å². The highest BCUT2D eigenvalue weighted by Gasteiger charge is 2.11. The molecule has 1 N–H and O–H groups in total. The van der Waals surface area contributed by atoms with Gasteiger partial charge in [0, 0.05) is 5.39 Å². The van der Waals surface area contributed by atoms with Crippen molar-refractivity contribution in [3.8, 4) is 11.5 Å². The molecule has 4 nitrogen and oxygen atoms in total. The molecule has 0 unspecified atom stereocenters. The molecule has 0 aliphatic rings. The van der Waals surface area contributed by atoms with Crippen LogP contribution in [0.15, 0.2) is 52.9 Å². The first-order valence-electron chi connectivity index (χ1n) is 5.43. The minimum absolute atomic E-state index is 0.0834. The van der Waals surface area contributed by atoms with E-state index in [1.807, 2.05) is 36.4 Å². The minimum atomic E-state index is -1.08. The third kappa shape index (κ3) is 1.73. The maximum absolute atomic E-state index is 10.7. The number of aromatic nitrogens is 1. The van der Waals surface area contributed by atoms with Gasteiger partial charge < -0.3 is 9.52 Å². The van der Waals surface area contributed by atoms with E-state index in [2.05, 4.69) is 4.98 Å². The zero-order valence-electron chi connectivity index (χ0n) is 9.33. The van der Waals surface area contributed by atoms with Gasteiger partial charge in [0.25, 0.3) is 0 Å². The topological polar surface area (TPSA) is 63.3 Å². The molecule has 0 aliphatic carbocycles. The van der Waals surface area contributed by atoms with E-state index < -0.39 is 5.97 Å². The van der Waals surface area contributed by atoms with Crippen molar-refractivity contribution in [1.29, 1.82) is 0 Å². The number of para-hydroxylation sites is 1. The summed E-state index contributed by atoms with van der Waals surface area (Å²) >= 11 is 0. The van der Waals surface area contributed by atoms with Crippen LogP contribution in [0.3, 0.4) is 0 Å². The lowest BCUT2D eigenvalue weighted by atomic mass is 10.2. The average molecular weight is 239 g/mol. The zero-order valence-corrected chi connectivity index (χ0v) is 9.33. The van der Waals surface area contributed by atoms with E-state index in [-0.39, 0.29) is 5.76 Å². The molecule has 88 valence electrons. The molecule has 2 heterocycles. The number of benzene rings is 1. The quantitative estimate of drug-likeness (QED) is 0.745. The molecule has 0 amide bonds. The van der Waals surface area contributed by atoms with Gasteiger partial charge in [-0.3, -0.25) is 0 Å².